The fourth-order valence-corrected chi connectivity index (χ4v) is 4.01. The van der Waals surface area contributed by atoms with Crippen LogP contribution in [0.15, 0.2) is 95.9 Å². The number of carbonyl (C=O) groups is 1. The van der Waals surface area contributed by atoms with Gasteiger partial charge in [0.05, 0.1) is 16.8 Å². The third-order valence-electron chi connectivity index (χ3n) is 5.81. The van der Waals surface area contributed by atoms with Crippen molar-refractivity contribution in [3.63, 3.8) is 0 Å². The van der Waals surface area contributed by atoms with Gasteiger partial charge < -0.3 is 10.4 Å². The number of fused-ring (bicyclic) bond motifs is 1. The number of aromatic nitrogens is 3. The van der Waals surface area contributed by atoms with Gasteiger partial charge in [-0.3, -0.25) is 9.78 Å². The molecule has 0 fully saturated rings. The molecule has 3 aromatic carbocycles. The third kappa shape index (κ3) is 4.39. The molecule has 172 valence electrons. The van der Waals surface area contributed by atoms with Crippen LogP contribution in [-0.2, 0) is 6.54 Å². The predicted octanol–water partition coefficient (Wildman–Crippen LogP) is 5.59. The predicted molar refractivity (Wildman–Crippen MR) is 137 cm³/mol. The highest BCUT2D eigenvalue weighted by Crippen LogP contribution is 2.28. The highest BCUT2D eigenvalue weighted by atomic mass is 16.4. The lowest BCUT2D eigenvalue weighted by Gasteiger charge is -2.13. The minimum Gasteiger partial charge on any atom is -0.478 e. The molecule has 0 spiro atoms. The van der Waals surface area contributed by atoms with Gasteiger partial charge in [-0.05, 0) is 66.6 Å². The Morgan fingerprint density at radius 1 is 0.886 bits per heavy atom. The maximum absolute atomic E-state index is 13.1. The number of aromatic carboxylic acids is 1. The molecule has 5 rings (SSSR count). The van der Waals surface area contributed by atoms with Crippen molar-refractivity contribution in [2.75, 3.05) is 5.32 Å². The zero-order valence-corrected chi connectivity index (χ0v) is 19.0. The van der Waals surface area contributed by atoms with Gasteiger partial charge in [-0.25, -0.2) is 9.48 Å². The Labute approximate surface area is 201 Å². The number of anilines is 2. The zero-order chi connectivity index (χ0) is 24.4. The van der Waals surface area contributed by atoms with E-state index in [1.165, 1.54) is 4.68 Å². The number of rotatable bonds is 6. The first kappa shape index (κ1) is 22.0. The van der Waals surface area contributed by atoms with Gasteiger partial charge in [0, 0.05) is 29.4 Å². The Bertz CT molecular complexity index is 1600. The van der Waals surface area contributed by atoms with E-state index in [1.54, 1.807) is 36.5 Å². The third-order valence-corrected chi connectivity index (χ3v) is 5.81. The van der Waals surface area contributed by atoms with Gasteiger partial charge in [-0.2, -0.15) is 5.10 Å². The van der Waals surface area contributed by atoms with Crippen molar-refractivity contribution in [3.8, 4) is 22.4 Å². The smallest absolute Gasteiger partial charge is 0.335 e. The van der Waals surface area contributed by atoms with Crippen LogP contribution in [0.2, 0.25) is 0 Å². The first-order valence-corrected chi connectivity index (χ1v) is 11.2. The van der Waals surface area contributed by atoms with E-state index >= 15 is 0 Å². The lowest BCUT2D eigenvalue weighted by atomic mass is 10.0. The molecule has 2 aromatic heterocycles. The number of carboxylic acid groups (broad SMARTS) is 1. The Morgan fingerprint density at radius 3 is 2.43 bits per heavy atom. The van der Waals surface area contributed by atoms with Crippen LogP contribution in [0.5, 0.6) is 0 Å². The van der Waals surface area contributed by atoms with Crippen molar-refractivity contribution in [2.45, 2.75) is 13.5 Å². The van der Waals surface area contributed by atoms with Crippen LogP contribution in [0.4, 0.5) is 11.4 Å². The highest BCUT2D eigenvalue weighted by Gasteiger charge is 2.12. The first-order chi connectivity index (χ1) is 17.0. The summed E-state index contributed by atoms with van der Waals surface area (Å²) >= 11 is 0. The van der Waals surface area contributed by atoms with Crippen molar-refractivity contribution < 1.29 is 9.90 Å². The van der Waals surface area contributed by atoms with Crippen LogP contribution in [0.1, 0.15) is 17.3 Å². The maximum Gasteiger partial charge on any atom is 0.335 e. The second-order valence-corrected chi connectivity index (χ2v) is 8.03. The molecule has 0 saturated carbocycles. The van der Waals surface area contributed by atoms with Crippen molar-refractivity contribution >= 4 is 28.2 Å². The molecule has 0 bridgehead atoms. The van der Waals surface area contributed by atoms with E-state index in [-0.39, 0.29) is 11.1 Å². The lowest BCUT2D eigenvalue weighted by Crippen LogP contribution is -2.24. The average molecular weight is 463 g/mol. The van der Waals surface area contributed by atoms with E-state index in [0.29, 0.717) is 17.9 Å². The van der Waals surface area contributed by atoms with Crippen LogP contribution < -0.4 is 10.9 Å². The normalized spacial score (nSPS) is 10.9. The van der Waals surface area contributed by atoms with Crippen molar-refractivity contribution in [1.29, 1.82) is 0 Å². The lowest BCUT2D eigenvalue weighted by molar-refractivity contribution is 0.0697. The van der Waals surface area contributed by atoms with E-state index in [0.717, 1.165) is 33.3 Å². The number of nitrogens with one attached hydrogen (secondary N) is 1. The summed E-state index contributed by atoms with van der Waals surface area (Å²) in [7, 11) is 0. The van der Waals surface area contributed by atoms with E-state index < -0.39 is 5.97 Å². The van der Waals surface area contributed by atoms with E-state index in [1.807, 2.05) is 61.5 Å². The Kier molecular flexibility index (Phi) is 5.81. The van der Waals surface area contributed by atoms with Crippen LogP contribution >= 0.6 is 0 Å². The van der Waals surface area contributed by atoms with Gasteiger partial charge in [-0.1, -0.05) is 36.4 Å². The Balaban J connectivity index is 1.56. The number of carboxylic acids is 1. The molecule has 5 aromatic rings. The van der Waals surface area contributed by atoms with Gasteiger partial charge in [0.15, 0.2) is 0 Å². The number of hydrogen-bond donors (Lipinski definition) is 2. The molecule has 0 atom stereocenters. The maximum atomic E-state index is 13.1. The zero-order valence-electron chi connectivity index (χ0n) is 19.0. The minimum atomic E-state index is -0.960. The average Bonchev–Trinajstić information content (AvgIpc) is 2.90. The van der Waals surface area contributed by atoms with Gasteiger partial charge in [0.2, 0.25) is 0 Å². The Hall–Kier alpha value is -4.78. The highest BCUT2D eigenvalue weighted by molar-refractivity contribution is 5.93. The van der Waals surface area contributed by atoms with Crippen molar-refractivity contribution in [2.24, 2.45) is 0 Å². The summed E-state index contributed by atoms with van der Waals surface area (Å²) in [6, 6.07) is 25.9. The molecule has 0 saturated heterocycles. The summed E-state index contributed by atoms with van der Waals surface area (Å²) in [4.78, 5) is 28.6. The fourth-order valence-electron chi connectivity index (χ4n) is 4.01. The molecule has 0 aliphatic rings. The number of hydrogen-bond acceptors (Lipinski definition) is 5. The molecule has 0 unspecified atom stereocenters. The number of benzene rings is 3. The summed E-state index contributed by atoms with van der Waals surface area (Å²) in [6.45, 7) is 2.30. The minimum absolute atomic E-state index is 0.211. The van der Waals surface area contributed by atoms with Gasteiger partial charge in [-0.15, -0.1) is 0 Å². The van der Waals surface area contributed by atoms with Crippen LogP contribution in [0.3, 0.4) is 0 Å². The summed E-state index contributed by atoms with van der Waals surface area (Å²) in [5.41, 5.74) is 5.38. The summed E-state index contributed by atoms with van der Waals surface area (Å²) < 4.78 is 1.44. The first-order valence-electron chi connectivity index (χ1n) is 11.2. The summed E-state index contributed by atoms with van der Waals surface area (Å²) in [5.74, 6) is -0.960. The van der Waals surface area contributed by atoms with E-state index in [4.69, 9.17) is 5.11 Å². The summed E-state index contributed by atoms with van der Waals surface area (Å²) in [6.07, 6.45) is 1.74. The molecule has 0 radical (unpaired) electrons. The second kappa shape index (κ2) is 9.23. The molecular formula is C28H22N4O3. The largest absolute Gasteiger partial charge is 0.478 e. The number of pyridine rings is 1. The van der Waals surface area contributed by atoms with Crippen LogP contribution in [0.25, 0.3) is 33.3 Å². The number of aryl methyl sites for hydroxylation is 1. The topological polar surface area (TPSA) is 97.1 Å². The van der Waals surface area contributed by atoms with E-state index in [9.17, 15) is 9.59 Å². The van der Waals surface area contributed by atoms with Gasteiger partial charge >= 0.3 is 5.97 Å². The monoisotopic (exact) mass is 462 g/mol. The molecule has 0 amide bonds. The standard InChI is InChI=1S/C28H22N4O3/c1-2-32-27(33)26(30-24-10-4-9-23-22(24)8-5-15-29-23)17-25(31-32)21-7-3-6-20(16-21)18-11-13-19(14-12-18)28(34)35/h3-17,30H,2H2,1H3,(H,34,35). The van der Waals surface area contributed by atoms with E-state index in [2.05, 4.69) is 15.4 Å². The number of nitrogens with zero attached hydrogens (tertiary/aromatic N) is 3. The molecule has 7 heteroatoms. The van der Waals surface area contributed by atoms with Crippen LogP contribution in [-0.4, -0.2) is 25.8 Å². The molecule has 0 aliphatic carbocycles. The van der Waals surface area contributed by atoms with Crippen LogP contribution in [0, 0.1) is 0 Å². The van der Waals surface area contributed by atoms with Gasteiger partial charge in [0.25, 0.3) is 5.56 Å². The Morgan fingerprint density at radius 2 is 1.66 bits per heavy atom. The summed E-state index contributed by atoms with van der Waals surface area (Å²) in [5, 5.41) is 17.9. The molecular weight excluding hydrogens is 440 g/mol. The quantitative estimate of drug-likeness (QED) is 0.342. The van der Waals surface area contributed by atoms with Gasteiger partial charge in [0.1, 0.15) is 5.69 Å². The fraction of sp³-hybridized carbons (Fsp3) is 0.0714. The SMILES string of the molecule is CCn1nc(-c2cccc(-c3ccc(C(=O)O)cc3)c2)cc(Nc2cccc3ncccc23)c1=O. The molecule has 0 aliphatic heterocycles. The van der Waals surface area contributed by atoms with Crippen molar-refractivity contribution in [3.05, 3.63) is 107 Å². The second-order valence-electron chi connectivity index (χ2n) is 8.03. The molecule has 2 heterocycles. The molecule has 2 N–H and O–H groups in total. The molecule has 7 nitrogen and oxygen atoms in total. The van der Waals surface area contributed by atoms with Crippen molar-refractivity contribution in [1.82, 2.24) is 14.8 Å². The molecule has 35 heavy (non-hydrogen) atoms.